The van der Waals surface area contributed by atoms with Gasteiger partial charge in [-0.25, -0.2) is 4.99 Å². The van der Waals surface area contributed by atoms with E-state index in [-0.39, 0.29) is 23.2 Å². The highest BCUT2D eigenvalue weighted by molar-refractivity contribution is 6.22. The minimum absolute atomic E-state index is 0.0112. The van der Waals surface area contributed by atoms with Gasteiger partial charge in [0.2, 0.25) is 0 Å². The standard InChI is InChI=1S/C59H44N2/c1-59(2)47-25-12-11-18-37(47)38-28-26-33(30-48(38)59)56-42-21-9-6-17-36(42)45-31-46(45)58(60-56)61-49-29-27-32-14-3-4-15-34(32)51(49)55-54-44-24-13-23-39-35-16-5-7-19-40(35)52(50(39)44)53(54)41-20-8-10-22-43(41)57(55)61/h3-8,10-20,22-29,32-34,45,52H,9,21,30-31H2,1-2H3. The Morgan fingerprint density at radius 1 is 0.689 bits per heavy atom. The zero-order valence-corrected chi connectivity index (χ0v) is 34.5. The molecule has 2 nitrogen and oxygen atoms in total. The lowest BCUT2D eigenvalue weighted by Crippen LogP contribution is -2.25. The van der Waals surface area contributed by atoms with Crippen molar-refractivity contribution in [3.8, 4) is 22.3 Å². The topological polar surface area (TPSA) is 17.3 Å². The van der Waals surface area contributed by atoms with Crippen molar-refractivity contribution < 1.29 is 0 Å². The third kappa shape index (κ3) is 4.08. The first kappa shape index (κ1) is 33.2. The maximum absolute atomic E-state index is 6.16. The van der Waals surface area contributed by atoms with E-state index in [4.69, 9.17) is 4.99 Å². The van der Waals surface area contributed by atoms with Crippen molar-refractivity contribution in [2.75, 3.05) is 0 Å². The largest absolute Gasteiger partial charge is 0.293 e. The van der Waals surface area contributed by atoms with Crippen LogP contribution in [0.5, 0.6) is 0 Å². The second-order valence-corrected chi connectivity index (χ2v) is 19.4. The Morgan fingerprint density at radius 3 is 2.43 bits per heavy atom. The van der Waals surface area contributed by atoms with Crippen LogP contribution in [-0.4, -0.2) is 10.3 Å². The molecule has 5 atom stereocenters. The summed E-state index contributed by atoms with van der Waals surface area (Å²) in [6, 6.07) is 34.8. The molecule has 0 radical (unpaired) electrons. The third-order valence-corrected chi connectivity index (χ3v) is 16.3. The van der Waals surface area contributed by atoms with Crippen LogP contribution in [0.4, 0.5) is 0 Å². The molecular weight excluding hydrogens is 737 g/mol. The predicted octanol–water partition coefficient (Wildman–Crippen LogP) is 14.4. The average Bonchev–Trinajstić information content (AvgIpc) is 3.71. The molecule has 5 aromatic carbocycles. The minimum Gasteiger partial charge on any atom is -0.293 e. The molecule has 1 aliphatic heterocycles. The van der Waals surface area contributed by atoms with E-state index < -0.39 is 0 Å². The Labute approximate surface area is 356 Å². The van der Waals surface area contributed by atoms with Gasteiger partial charge in [0.25, 0.3) is 0 Å². The van der Waals surface area contributed by atoms with Crippen molar-refractivity contribution in [3.05, 3.63) is 207 Å². The van der Waals surface area contributed by atoms with Crippen molar-refractivity contribution >= 4 is 44.9 Å². The summed E-state index contributed by atoms with van der Waals surface area (Å²) in [6.45, 7) is 4.88. The lowest BCUT2D eigenvalue weighted by atomic mass is 9.73. The fourth-order valence-corrected chi connectivity index (χ4v) is 13.6. The number of allylic oxidation sites excluding steroid dienone is 14. The predicted molar refractivity (Wildman–Crippen MR) is 253 cm³/mol. The van der Waals surface area contributed by atoms with Crippen LogP contribution < -0.4 is 0 Å². The number of aliphatic imine (C=N–C) groups is 1. The first-order valence-corrected chi connectivity index (χ1v) is 22.7. The molecule has 0 saturated heterocycles. The number of benzene rings is 5. The molecule has 1 aromatic heterocycles. The SMILES string of the molecule is CC1(C)C2=C(C=CC(C3=NC(n4c5c(c6c7c(c8ccccc8c64)C4c6ccccc6-c6cccc-7c64)C4C=CC=CC4C=C5)=C4CC4C4=C3CCC=C4)C2)c2ccccc21. The fourth-order valence-electron chi connectivity index (χ4n) is 13.6. The van der Waals surface area contributed by atoms with Crippen LogP contribution in [0.15, 0.2) is 173 Å². The molecule has 290 valence electrons. The van der Waals surface area contributed by atoms with Crippen molar-refractivity contribution in [1.82, 2.24) is 4.57 Å². The molecule has 61 heavy (non-hydrogen) atoms. The summed E-state index contributed by atoms with van der Waals surface area (Å²) in [5.74, 6) is 2.61. The van der Waals surface area contributed by atoms with E-state index in [1.54, 1.807) is 5.57 Å². The Kier molecular flexibility index (Phi) is 6.23. The van der Waals surface area contributed by atoms with Gasteiger partial charge < -0.3 is 0 Å². The lowest BCUT2D eigenvalue weighted by molar-refractivity contribution is 0.590. The van der Waals surface area contributed by atoms with Crippen LogP contribution in [0, 0.1) is 17.8 Å². The number of hydrogen-bond donors (Lipinski definition) is 0. The van der Waals surface area contributed by atoms with Crippen molar-refractivity contribution in [1.29, 1.82) is 0 Å². The molecule has 1 fully saturated rings. The van der Waals surface area contributed by atoms with Gasteiger partial charge in [-0.1, -0.05) is 165 Å². The second-order valence-electron chi connectivity index (χ2n) is 19.4. The quantitative estimate of drug-likeness (QED) is 0.166. The van der Waals surface area contributed by atoms with Crippen molar-refractivity contribution in [2.24, 2.45) is 22.7 Å². The highest BCUT2D eigenvalue weighted by atomic mass is 15.1. The van der Waals surface area contributed by atoms with Gasteiger partial charge in [0.15, 0.2) is 0 Å². The zero-order valence-electron chi connectivity index (χ0n) is 34.5. The number of rotatable bonds is 2. The second kappa shape index (κ2) is 11.4. The van der Waals surface area contributed by atoms with E-state index in [1.807, 2.05) is 0 Å². The summed E-state index contributed by atoms with van der Waals surface area (Å²) in [6.07, 6.45) is 28.4. The highest BCUT2D eigenvalue weighted by Gasteiger charge is 2.47. The lowest BCUT2D eigenvalue weighted by Gasteiger charge is -2.31. The Morgan fingerprint density at radius 2 is 1.49 bits per heavy atom. The number of hydrogen-bond acceptors (Lipinski definition) is 1. The number of fused-ring (bicyclic) bond motifs is 19. The van der Waals surface area contributed by atoms with Crippen LogP contribution >= 0.6 is 0 Å². The Hall–Kier alpha value is -6.51. The summed E-state index contributed by atoms with van der Waals surface area (Å²) in [5.41, 5.74) is 25.9. The van der Waals surface area contributed by atoms with Crippen molar-refractivity contribution in [2.45, 2.75) is 56.8 Å². The van der Waals surface area contributed by atoms with Gasteiger partial charge in [0.05, 0.1) is 16.9 Å². The monoisotopic (exact) mass is 780 g/mol. The van der Waals surface area contributed by atoms with E-state index in [2.05, 4.69) is 170 Å². The van der Waals surface area contributed by atoms with Gasteiger partial charge in [0.1, 0.15) is 5.82 Å². The Bertz CT molecular complexity index is 3410. The van der Waals surface area contributed by atoms with Crippen LogP contribution in [-0.2, 0) is 5.41 Å². The minimum atomic E-state index is -0.0112. The van der Waals surface area contributed by atoms with Crippen LogP contribution in [0.25, 0.3) is 61.4 Å². The first-order chi connectivity index (χ1) is 30.1. The summed E-state index contributed by atoms with van der Waals surface area (Å²) in [4.78, 5) is 6.16. The van der Waals surface area contributed by atoms with Gasteiger partial charge in [-0.15, -0.1) is 0 Å². The molecule has 0 bridgehead atoms. The fraction of sp³-hybridized carbons (Fsp3) is 0.203. The smallest absolute Gasteiger partial charge is 0.137 e. The molecule has 0 N–H and O–H groups in total. The maximum atomic E-state index is 6.16. The normalized spacial score (nSPS) is 25.8. The molecule has 8 aliphatic carbocycles. The van der Waals surface area contributed by atoms with Crippen LogP contribution in [0.3, 0.4) is 0 Å². The maximum Gasteiger partial charge on any atom is 0.137 e. The summed E-state index contributed by atoms with van der Waals surface area (Å²) < 4.78 is 2.69. The zero-order chi connectivity index (χ0) is 39.9. The van der Waals surface area contributed by atoms with E-state index >= 15 is 0 Å². The molecule has 9 aliphatic rings. The van der Waals surface area contributed by atoms with Gasteiger partial charge >= 0.3 is 0 Å². The van der Waals surface area contributed by atoms with Gasteiger partial charge in [-0.05, 0) is 115 Å². The van der Waals surface area contributed by atoms with E-state index in [0.29, 0.717) is 11.8 Å². The molecule has 5 unspecified atom stereocenters. The molecule has 0 spiro atoms. The first-order valence-electron chi connectivity index (χ1n) is 22.7. The average molecular weight is 781 g/mol. The van der Waals surface area contributed by atoms with E-state index in [0.717, 1.165) is 25.7 Å². The molecule has 1 saturated carbocycles. The van der Waals surface area contributed by atoms with E-state index in [9.17, 15) is 0 Å². The molecule has 6 aromatic rings. The molecular formula is C59H44N2. The molecule has 2 heteroatoms. The van der Waals surface area contributed by atoms with Crippen LogP contribution in [0.2, 0.25) is 0 Å². The molecule has 0 amide bonds. The van der Waals surface area contributed by atoms with Crippen LogP contribution in [0.1, 0.15) is 90.4 Å². The molecule has 2 heterocycles. The van der Waals surface area contributed by atoms with E-state index in [1.165, 1.54) is 117 Å². The highest BCUT2D eigenvalue weighted by Crippen LogP contribution is 2.64. The summed E-state index contributed by atoms with van der Waals surface area (Å²) in [7, 11) is 0. The van der Waals surface area contributed by atoms with Gasteiger partial charge in [-0.3, -0.25) is 4.57 Å². The molecule has 15 rings (SSSR count). The Balaban J connectivity index is 1.02. The van der Waals surface area contributed by atoms with Crippen molar-refractivity contribution in [3.63, 3.8) is 0 Å². The summed E-state index contributed by atoms with van der Waals surface area (Å²) in [5, 5.41) is 4.15. The number of aromatic nitrogens is 1. The van der Waals surface area contributed by atoms with Gasteiger partial charge in [-0.2, -0.15) is 0 Å². The summed E-state index contributed by atoms with van der Waals surface area (Å²) >= 11 is 0. The third-order valence-electron chi connectivity index (χ3n) is 16.3. The number of nitrogens with zero attached hydrogens (tertiary/aromatic N) is 2. The van der Waals surface area contributed by atoms with Gasteiger partial charge in [0, 0.05) is 45.8 Å².